The number of hydrogen-bond acceptors (Lipinski definition) is 6. The quantitative estimate of drug-likeness (QED) is 0.232. The summed E-state index contributed by atoms with van der Waals surface area (Å²) in [5.41, 5.74) is 9.96. The lowest BCUT2D eigenvalue weighted by Gasteiger charge is -2.13. The molecule has 0 aliphatic rings. The van der Waals surface area contributed by atoms with Gasteiger partial charge in [0.2, 0.25) is 5.96 Å². The zero-order valence-corrected chi connectivity index (χ0v) is 19.7. The van der Waals surface area contributed by atoms with Crippen molar-refractivity contribution in [3.63, 3.8) is 0 Å². The van der Waals surface area contributed by atoms with Crippen LogP contribution in [0.1, 0.15) is 16.7 Å². The lowest BCUT2D eigenvalue weighted by molar-refractivity contribution is 0.303. The number of guanidine groups is 1. The molecule has 0 radical (unpaired) electrons. The van der Waals surface area contributed by atoms with Crippen molar-refractivity contribution < 1.29 is 9.13 Å². The Morgan fingerprint density at radius 3 is 2.74 bits per heavy atom. The Labute approximate surface area is 203 Å². The van der Waals surface area contributed by atoms with E-state index in [0.29, 0.717) is 11.8 Å². The second-order valence-electron chi connectivity index (χ2n) is 8.12. The molecule has 1 aromatic heterocycles. The van der Waals surface area contributed by atoms with Gasteiger partial charge in [-0.15, -0.1) is 5.10 Å². The predicted octanol–water partition coefficient (Wildman–Crippen LogP) is 4.61. The molecule has 0 amide bonds. The third kappa shape index (κ3) is 6.08. The van der Waals surface area contributed by atoms with Crippen molar-refractivity contribution in [1.29, 1.82) is 0 Å². The molecule has 0 saturated heterocycles. The second kappa shape index (κ2) is 10.6. The largest absolute Gasteiger partial charge is 0.489 e. The summed E-state index contributed by atoms with van der Waals surface area (Å²) in [5, 5.41) is 12.2. The molecular weight excluding hydrogens is 445 g/mol. The molecule has 3 aromatic carbocycles. The molecule has 0 aliphatic carbocycles. The lowest BCUT2D eigenvalue weighted by Crippen LogP contribution is -2.29. The number of halogens is 1. The maximum atomic E-state index is 13.4. The lowest BCUT2D eigenvalue weighted by atomic mass is 10.1. The molecule has 4 rings (SSSR count). The summed E-state index contributed by atoms with van der Waals surface area (Å²) in [6.45, 7) is 2.25. The van der Waals surface area contributed by atoms with Crippen molar-refractivity contribution in [2.75, 3.05) is 19.4 Å². The van der Waals surface area contributed by atoms with Gasteiger partial charge in [-0.25, -0.2) is 14.4 Å². The first kappa shape index (κ1) is 23.6. The summed E-state index contributed by atoms with van der Waals surface area (Å²) in [7, 11) is 3.59. The van der Waals surface area contributed by atoms with Crippen LogP contribution in [0.2, 0.25) is 0 Å². The van der Waals surface area contributed by atoms with Gasteiger partial charge in [-0.2, -0.15) is 5.10 Å². The average Bonchev–Trinajstić information content (AvgIpc) is 2.84. The van der Waals surface area contributed by atoms with Crippen molar-refractivity contribution in [2.45, 2.75) is 13.5 Å². The van der Waals surface area contributed by atoms with Crippen LogP contribution in [0.5, 0.6) is 5.75 Å². The third-order valence-corrected chi connectivity index (χ3v) is 5.21. The number of aryl methyl sites for hydroxylation is 1. The molecule has 0 saturated carbocycles. The summed E-state index contributed by atoms with van der Waals surface area (Å²) in [4.78, 5) is 10.4. The van der Waals surface area contributed by atoms with Gasteiger partial charge in [-0.05, 0) is 66.1 Å². The molecule has 4 aromatic rings. The van der Waals surface area contributed by atoms with Gasteiger partial charge in [-0.1, -0.05) is 18.2 Å². The number of fused-ring (bicyclic) bond motifs is 1. The fourth-order valence-electron chi connectivity index (χ4n) is 3.31. The monoisotopic (exact) mass is 471 g/mol. The molecule has 3 N–H and O–H groups in total. The zero-order valence-electron chi connectivity index (χ0n) is 19.7. The van der Waals surface area contributed by atoms with E-state index in [9.17, 15) is 4.39 Å². The van der Waals surface area contributed by atoms with Crippen molar-refractivity contribution in [3.8, 4) is 5.75 Å². The number of nitrogens with two attached hydrogens (primary N) is 1. The van der Waals surface area contributed by atoms with E-state index in [0.717, 1.165) is 39.0 Å². The van der Waals surface area contributed by atoms with Gasteiger partial charge in [-0.3, -0.25) is 0 Å². The van der Waals surface area contributed by atoms with Gasteiger partial charge in [0.05, 0.1) is 11.7 Å². The minimum absolute atomic E-state index is 0.278. The molecule has 0 atom stereocenters. The summed E-state index contributed by atoms with van der Waals surface area (Å²) in [6.07, 6.45) is 3.14. The second-order valence-corrected chi connectivity index (χ2v) is 8.12. The van der Waals surface area contributed by atoms with Crippen LogP contribution < -0.4 is 15.8 Å². The molecule has 9 heteroatoms. The van der Waals surface area contributed by atoms with Crippen molar-refractivity contribution in [2.24, 2.45) is 15.9 Å². The maximum absolute atomic E-state index is 13.4. The fourth-order valence-corrected chi connectivity index (χ4v) is 3.31. The van der Waals surface area contributed by atoms with E-state index in [1.54, 1.807) is 31.3 Å². The van der Waals surface area contributed by atoms with E-state index in [1.165, 1.54) is 18.5 Å². The number of rotatable bonds is 7. The standard InChI is InChI=1S/C26H26FN7O/c1-17-11-21(8-10-24(17)35-15-19-5-4-6-20(27)12-19)32-25-22-13-18(7-9-23(22)29-16-30-25)14-31-33-26(28)34(2)3/h4-14,16H,15H2,1-3H3,(H2,28,33)(H,29,30,32)/b31-14+. The van der Waals surface area contributed by atoms with E-state index in [4.69, 9.17) is 10.5 Å². The van der Waals surface area contributed by atoms with Crippen LogP contribution in [0.3, 0.4) is 0 Å². The van der Waals surface area contributed by atoms with Crippen LogP contribution in [0.15, 0.2) is 77.2 Å². The first-order valence-electron chi connectivity index (χ1n) is 10.9. The van der Waals surface area contributed by atoms with Crippen LogP contribution in [0.4, 0.5) is 15.9 Å². The maximum Gasteiger partial charge on any atom is 0.215 e. The molecular formula is C26H26FN7O. The smallest absolute Gasteiger partial charge is 0.215 e. The zero-order chi connectivity index (χ0) is 24.8. The van der Waals surface area contributed by atoms with E-state index >= 15 is 0 Å². The van der Waals surface area contributed by atoms with E-state index < -0.39 is 0 Å². The Hall–Kier alpha value is -4.53. The average molecular weight is 472 g/mol. The van der Waals surface area contributed by atoms with Crippen LogP contribution >= 0.6 is 0 Å². The Morgan fingerprint density at radius 1 is 1.11 bits per heavy atom. The Morgan fingerprint density at radius 2 is 1.97 bits per heavy atom. The van der Waals surface area contributed by atoms with Gasteiger partial charge in [0, 0.05) is 25.2 Å². The number of hydrogen-bond donors (Lipinski definition) is 2. The summed E-state index contributed by atoms with van der Waals surface area (Å²) in [6, 6.07) is 17.9. The predicted molar refractivity (Wildman–Crippen MR) is 138 cm³/mol. The van der Waals surface area contributed by atoms with Gasteiger partial charge in [0.25, 0.3) is 0 Å². The van der Waals surface area contributed by atoms with Crippen LogP contribution in [0, 0.1) is 12.7 Å². The molecule has 178 valence electrons. The minimum atomic E-state index is -0.278. The third-order valence-electron chi connectivity index (χ3n) is 5.21. The Bertz CT molecular complexity index is 1400. The van der Waals surface area contributed by atoms with Crippen molar-refractivity contribution in [1.82, 2.24) is 14.9 Å². The van der Waals surface area contributed by atoms with E-state index in [-0.39, 0.29) is 12.4 Å². The molecule has 35 heavy (non-hydrogen) atoms. The number of benzene rings is 3. The van der Waals surface area contributed by atoms with Gasteiger partial charge < -0.3 is 20.7 Å². The van der Waals surface area contributed by atoms with Gasteiger partial charge in [0.15, 0.2) is 0 Å². The van der Waals surface area contributed by atoms with Crippen LogP contribution in [-0.2, 0) is 6.61 Å². The summed E-state index contributed by atoms with van der Waals surface area (Å²) >= 11 is 0. The highest BCUT2D eigenvalue weighted by atomic mass is 19.1. The molecule has 8 nitrogen and oxygen atoms in total. The molecule has 0 aliphatic heterocycles. The number of ether oxygens (including phenoxy) is 1. The Balaban J connectivity index is 1.52. The highest BCUT2D eigenvalue weighted by molar-refractivity contribution is 5.95. The molecule has 0 fully saturated rings. The molecule has 0 bridgehead atoms. The van der Waals surface area contributed by atoms with Crippen LogP contribution in [0.25, 0.3) is 10.9 Å². The topological polar surface area (TPSA) is 101 Å². The molecule has 0 unspecified atom stereocenters. The Kier molecular flexibility index (Phi) is 7.15. The number of aromatic nitrogens is 2. The first-order valence-corrected chi connectivity index (χ1v) is 10.9. The van der Waals surface area contributed by atoms with E-state index in [1.807, 2.05) is 49.4 Å². The number of nitrogens with one attached hydrogen (secondary N) is 1. The van der Waals surface area contributed by atoms with Gasteiger partial charge >= 0.3 is 0 Å². The SMILES string of the molecule is Cc1cc(Nc2ncnc3ccc(/C=N/N=C(N)N(C)C)cc23)ccc1OCc1cccc(F)c1. The van der Waals surface area contributed by atoms with Crippen LogP contribution in [-0.4, -0.2) is 41.1 Å². The molecule has 0 spiro atoms. The highest BCUT2D eigenvalue weighted by Gasteiger charge is 2.08. The number of nitrogens with zero attached hydrogens (tertiary/aromatic N) is 5. The molecule has 1 heterocycles. The van der Waals surface area contributed by atoms with Crippen molar-refractivity contribution in [3.05, 3.63) is 89.5 Å². The minimum Gasteiger partial charge on any atom is -0.489 e. The van der Waals surface area contributed by atoms with Gasteiger partial charge in [0.1, 0.15) is 30.3 Å². The first-order chi connectivity index (χ1) is 16.9. The number of anilines is 2. The summed E-state index contributed by atoms with van der Waals surface area (Å²) in [5.74, 6) is 1.42. The van der Waals surface area contributed by atoms with E-state index in [2.05, 4.69) is 25.5 Å². The summed E-state index contributed by atoms with van der Waals surface area (Å²) < 4.78 is 19.3. The van der Waals surface area contributed by atoms with Crippen molar-refractivity contribution >= 4 is 34.6 Å². The normalized spacial score (nSPS) is 11.7. The highest BCUT2D eigenvalue weighted by Crippen LogP contribution is 2.27. The fraction of sp³-hybridized carbons (Fsp3) is 0.154.